The molecule has 3 rings (SSSR count). The van der Waals surface area contributed by atoms with Crippen LogP contribution in [0.15, 0.2) is 29.2 Å². The van der Waals surface area contributed by atoms with Crippen LogP contribution in [0, 0.1) is 0 Å². The van der Waals surface area contributed by atoms with Gasteiger partial charge in [-0.2, -0.15) is 4.31 Å². The van der Waals surface area contributed by atoms with E-state index >= 15 is 0 Å². The van der Waals surface area contributed by atoms with Gasteiger partial charge in [0.15, 0.2) is 0 Å². The van der Waals surface area contributed by atoms with E-state index in [0.29, 0.717) is 31.1 Å². The SMILES string of the molecule is CCC(C)(C)c1ccc(S(=O)(=O)N2CC(N3CCNC3=O)C2)cc1. The molecule has 6 nitrogen and oxygen atoms in total. The summed E-state index contributed by atoms with van der Waals surface area (Å²) in [6.07, 6.45) is 0.991. The number of carbonyl (C=O) groups excluding carboxylic acids is 1. The Morgan fingerprint density at radius 2 is 1.83 bits per heavy atom. The van der Waals surface area contributed by atoms with Gasteiger partial charge >= 0.3 is 6.03 Å². The Balaban J connectivity index is 1.69. The van der Waals surface area contributed by atoms with Gasteiger partial charge in [-0.25, -0.2) is 13.2 Å². The summed E-state index contributed by atoms with van der Waals surface area (Å²) in [7, 11) is -3.48. The van der Waals surface area contributed by atoms with Gasteiger partial charge in [0.2, 0.25) is 10.0 Å². The van der Waals surface area contributed by atoms with Crippen molar-refractivity contribution in [2.45, 2.75) is 43.5 Å². The molecule has 2 aliphatic heterocycles. The van der Waals surface area contributed by atoms with E-state index in [0.717, 1.165) is 12.0 Å². The van der Waals surface area contributed by atoms with Gasteiger partial charge in [0.1, 0.15) is 0 Å². The number of hydrogen-bond acceptors (Lipinski definition) is 3. The number of rotatable bonds is 5. The second-order valence-electron chi connectivity index (χ2n) is 7.16. The van der Waals surface area contributed by atoms with E-state index in [-0.39, 0.29) is 17.5 Å². The molecule has 0 saturated carbocycles. The van der Waals surface area contributed by atoms with Crippen LogP contribution >= 0.6 is 0 Å². The number of sulfonamides is 1. The average molecular weight is 351 g/mol. The number of benzene rings is 1. The molecular formula is C17H25N3O3S. The monoisotopic (exact) mass is 351 g/mol. The third-order valence-corrected chi connectivity index (χ3v) is 7.16. The first-order valence-electron chi connectivity index (χ1n) is 8.41. The van der Waals surface area contributed by atoms with Gasteiger partial charge in [0, 0.05) is 26.2 Å². The Kier molecular flexibility index (Phi) is 4.34. The highest BCUT2D eigenvalue weighted by atomic mass is 32.2. The summed E-state index contributed by atoms with van der Waals surface area (Å²) in [5, 5.41) is 2.75. The zero-order valence-electron chi connectivity index (χ0n) is 14.4. The standard InChI is InChI=1S/C17H25N3O3S/c1-4-17(2,3)13-5-7-15(8-6-13)24(22,23)19-11-14(12-19)20-10-9-18-16(20)21/h5-8,14H,4,9-12H2,1-3H3,(H,18,21). The second-order valence-corrected chi connectivity index (χ2v) is 9.10. The highest BCUT2D eigenvalue weighted by Crippen LogP contribution is 2.29. The van der Waals surface area contributed by atoms with Crippen LogP contribution in [0.1, 0.15) is 32.8 Å². The minimum absolute atomic E-state index is 0.0134. The maximum Gasteiger partial charge on any atom is 0.317 e. The van der Waals surface area contributed by atoms with Crippen molar-refractivity contribution in [1.29, 1.82) is 0 Å². The summed E-state index contributed by atoms with van der Waals surface area (Å²) in [4.78, 5) is 13.7. The minimum atomic E-state index is -3.48. The summed E-state index contributed by atoms with van der Waals surface area (Å²) in [5.41, 5.74) is 1.17. The molecule has 0 spiro atoms. The minimum Gasteiger partial charge on any atom is -0.336 e. The van der Waals surface area contributed by atoms with Crippen molar-refractivity contribution in [1.82, 2.24) is 14.5 Å². The van der Waals surface area contributed by atoms with Gasteiger partial charge in [-0.1, -0.05) is 32.9 Å². The highest BCUT2D eigenvalue weighted by molar-refractivity contribution is 7.89. The quantitative estimate of drug-likeness (QED) is 0.879. The van der Waals surface area contributed by atoms with Crippen molar-refractivity contribution in [3.63, 3.8) is 0 Å². The second kappa shape index (κ2) is 6.04. The normalized spacial score (nSPS) is 20.1. The van der Waals surface area contributed by atoms with Crippen LogP contribution in [0.2, 0.25) is 0 Å². The van der Waals surface area contributed by atoms with Crippen LogP contribution in [0.5, 0.6) is 0 Å². The highest BCUT2D eigenvalue weighted by Gasteiger charge is 2.42. The molecule has 132 valence electrons. The zero-order chi connectivity index (χ0) is 17.5. The summed E-state index contributed by atoms with van der Waals surface area (Å²) in [5.74, 6) is 0. The lowest BCUT2D eigenvalue weighted by atomic mass is 9.82. The van der Waals surface area contributed by atoms with Gasteiger partial charge in [0.25, 0.3) is 0 Å². The van der Waals surface area contributed by atoms with Crippen molar-refractivity contribution >= 4 is 16.1 Å². The smallest absolute Gasteiger partial charge is 0.317 e. The lowest BCUT2D eigenvalue weighted by Gasteiger charge is -2.42. The molecule has 0 bridgehead atoms. The Labute approximate surface area is 143 Å². The van der Waals surface area contributed by atoms with Crippen molar-refractivity contribution < 1.29 is 13.2 Å². The van der Waals surface area contributed by atoms with Gasteiger partial charge in [-0.05, 0) is 29.5 Å². The van der Waals surface area contributed by atoms with E-state index < -0.39 is 10.0 Å². The molecule has 24 heavy (non-hydrogen) atoms. The van der Waals surface area contributed by atoms with Crippen LogP contribution in [0.4, 0.5) is 4.79 Å². The molecule has 2 saturated heterocycles. The molecule has 2 amide bonds. The van der Waals surface area contributed by atoms with Gasteiger partial charge in [-0.3, -0.25) is 0 Å². The Bertz CT molecular complexity index is 722. The zero-order valence-corrected chi connectivity index (χ0v) is 15.3. The lowest BCUT2D eigenvalue weighted by molar-refractivity contribution is 0.124. The van der Waals surface area contributed by atoms with E-state index in [9.17, 15) is 13.2 Å². The van der Waals surface area contributed by atoms with E-state index in [4.69, 9.17) is 0 Å². The fourth-order valence-corrected chi connectivity index (χ4v) is 4.59. The topological polar surface area (TPSA) is 69.7 Å². The van der Waals surface area contributed by atoms with Crippen molar-refractivity contribution in [2.75, 3.05) is 26.2 Å². The molecule has 1 aromatic carbocycles. The third-order valence-electron chi connectivity index (χ3n) is 5.32. The number of hydrogen-bond donors (Lipinski definition) is 1. The first kappa shape index (κ1) is 17.2. The number of nitrogens with zero attached hydrogens (tertiary/aromatic N) is 2. The molecule has 0 aromatic heterocycles. The molecule has 0 radical (unpaired) electrons. The molecule has 2 heterocycles. The molecule has 0 atom stereocenters. The lowest BCUT2D eigenvalue weighted by Crippen LogP contribution is -2.61. The van der Waals surface area contributed by atoms with Gasteiger partial charge in [0.05, 0.1) is 10.9 Å². The Morgan fingerprint density at radius 3 is 2.33 bits per heavy atom. The van der Waals surface area contributed by atoms with Crippen LogP contribution < -0.4 is 5.32 Å². The molecule has 1 aromatic rings. The molecule has 0 unspecified atom stereocenters. The predicted molar refractivity (Wildman–Crippen MR) is 92.4 cm³/mol. The fourth-order valence-electron chi connectivity index (χ4n) is 3.08. The largest absolute Gasteiger partial charge is 0.336 e. The van der Waals surface area contributed by atoms with Crippen LogP contribution in [0.3, 0.4) is 0 Å². The molecule has 0 aliphatic carbocycles. The first-order chi connectivity index (χ1) is 11.3. The van der Waals surface area contributed by atoms with Crippen molar-refractivity contribution in [3.8, 4) is 0 Å². The fraction of sp³-hybridized carbons (Fsp3) is 0.588. The summed E-state index contributed by atoms with van der Waals surface area (Å²) in [6.45, 7) is 8.46. The Hall–Kier alpha value is -1.60. The summed E-state index contributed by atoms with van der Waals surface area (Å²) in [6, 6.07) is 7.09. The van der Waals surface area contributed by atoms with Crippen LogP contribution in [0.25, 0.3) is 0 Å². The van der Waals surface area contributed by atoms with E-state index in [1.165, 1.54) is 4.31 Å². The van der Waals surface area contributed by atoms with Crippen molar-refractivity contribution in [3.05, 3.63) is 29.8 Å². The molecular weight excluding hydrogens is 326 g/mol. The van der Waals surface area contributed by atoms with Gasteiger partial charge in [-0.15, -0.1) is 0 Å². The van der Waals surface area contributed by atoms with E-state index in [2.05, 4.69) is 26.1 Å². The number of nitrogens with one attached hydrogen (secondary N) is 1. The molecule has 7 heteroatoms. The molecule has 1 N–H and O–H groups in total. The average Bonchev–Trinajstić information content (AvgIpc) is 2.92. The van der Waals surface area contributed by atoms with Crippen LogP contribution in [-0.4, -0.2) is 55.9 Å². The summed E-state index contributed by atoms with van der Waals surface area (Å²) < 4.78 is 26.8. The molecule has 2 fully saturated rings. The van der Waals surface area contributed by atoms with Crippen molar-refractivity contribution in [2.24, 2.45) is 0 Å². The maximum absolute atomic E-state index is 12.7. The number of carbonyl (C=O) groups is 1. The predicted octanol–water partition coefficient (Wildman–Crippen LogP) is 1.77. The van der Waals surface area contributed by atoms with E-state index in [1.54, 1.807) is 17.0 Å². The summed E-state index contributed by atoms with van der Waals surface area (Å²) >= 11 is 0. The number of amides is 2. The van der Waals surface area contributed by atoms with E-state index in [1.807, 2.05) is 12.1 Å². The first-order valence-corrected chi connectivity index (χ1v) is 9.85. The Morgan fingerprint density at radius 1 is 1.21 bits per heavy atom. The third kappa shape index (κ3) is 2.91. The van der Waals surface area contributed by atoms with Gasteiger partial charge < -0.3 is 10.2 Å². The molecule has 2 aliphatic rings. The maximum atomic E-state index is 12.7. The van der Waals surface area contributed by atoms with Crippen LogP contribution in [-0.2, 0) is 15.4 Å². The number of urea groups is 1.